The summed E-state index contributed by atoms with van der Waals surface area (Å²) in [6.45, 7) is 1.83. The van der Waals surface area contributed by atoms with Crippen molar-refractivity contribution in [1.82, 2.24) is 20.0 Å². The molecular formula is C16H17N5O. The Morgan fingerprint density at radius 1 is 1.32 bits per heavy atom. The van der Waals surface area contributed by atoms with Gasteiger partial charge in [-0.1, -0.05) is 12.1 Å². The lowest BCUT2D eigenvalue weighted by atomic mass is 10.3. The first-order chi connectivity index (χ1) is 10.6. The van der Waals surface area contributed by atoms with Gasteiger partial charge in [0.1, 0.15) is 5.82 Å². The number of para-hydroxylation sites is 2. The zero-order valence-electron chi connectivity index (χ0n) is 12.5. The molecule has 0 radical (unpaired) electrons. The van der Waals surface area contributed by atoms with Gasteiger partial charge in [0.2, 0.25) is 5.91 Å². The molecule has 2 heterocycles. The second-order valence-electron chi connectivity index (χ2n) is 5.07. The number of amides is 1. The third kappa shape index (κ3) is 2.76. The minimum atomic E-state index is -0.190. The highest BCUT2D eigenvalue weighted by molar-refractivity contribution is 5.97. The number of benzene rings is 1. The van der Waals surface area contributed by atoms with Gasteiger partial charge in [0.25, 0.3) is 0 Å². The van der Waals surface area contributed by atoms with Crippen LogP contribution in [0.15, 0.2) is 47.7 Å². The van der Waals surface area contributed by atoms with E-state index in [1.165, 1.54) is 0 Å². The summed E-state index contributed by atoms with van der Waals surface area (Å²) in [4.78, 5) is 19.5. The summed E-state index contributed by atoms with van der Waals surface area (Å²) < 4.78 is 1.93. The topological polar surface area (TPSA) is 75.1 Å². The number of hydrogen-bond acceptors (Lipinski definition) is 3. The van der Waals surface area contributed by atoms with Crippen LogP contribution in [-0.2, 0) is 18.3 Å². The molecule has 3 aromatic rings. The van der Waals surface area contributed by atoms with Crippen LogP contribution in [0.25, 0.3) is 11.0 Å². The molecule has 0 atom stereocenters. The zero-order valence-corrected chi connectivity index (χ0v) is 12.5. The van der Waals surface area contributed by atoms with Crippen LogP contribution in [0.4, 0.5) is 0 Å². The fraction of sp³-hybridized carbons (Fsp3) is 0.188. The van der Waals surface area contributed by atoms with Crippen molar-refractivity contribution in [3.63, 3.8) is 0 Å². The van der Waals surface area contributed by atoms with Crippen LogP contribution in [0.1, 0.15) is 18.4 Å². The fourth-order valence-electron chi connectivity index (χ4n) is 2.30. The lowest BCUT2D eigenvalue weighted by molar-refractivity contribution is -0.120. The summed E-state index contributed by atoms with van der Waals surface area (Å²) in [7, 11) is 1.91. The highest BCUT2D eigenvalue weighted by Gasteiger charge is 2.11. The average molecular weight is 295 g/mol. The number of aromatic amines is 1. The molecule has 0 spiro atoms. The van der Waals surface area contributed by atoms with E-state index in [4.69, 9.17) is 0 Å². The molecular weight excluding hydrogens is 278 g/mol. The van der Waals surface area contributed by atoms with Gasteiger partial charge in [-0.05, 0) is 31.2 Å². The van der Waals surface area contributed by atoms with E-state index in [9.17, 15) is 4.79 Å². The van der Waals surface area contributed by atoms with Gasteiger partial charge < -0.3 is 9.55 Å². The van der Waals surface area contributed by atoms with Crippen molar-refractivity contribution in [2.24, 2.45) is 12.1 Å². The summed E-state index contributed by atoms with van der Waals surface area (Å²) in [5.74, 6) is 0.524. The van der Waals surface area contributed by atoms with Crippen molar-refractivity contribution in [2.45, 2.75) is 13.3 Å². The molecule has 0 fully saturated rings. The Bertz CT molecular complexity index is 829. The Morgan fingerprint density at radius 3 is 2.86 bits per heavy atom. The highest BCUT2D eigenvalue weighted by Crippen LogP contribution is 2.14. The van der Waals surface area contributed by atoms with Gasteiger partial charge in [-0.3, -0.25) is 4.79 Å². The maximum absolute atomic E-state index is 12.0. The first kappa shape index (κ1) is 14.1. The maximum Gasteiger partial charge on any atom is 0.247 e. The standard InChI is InChI=1S/C16H17N5O/c1-11(12-7-5-9-17-12)19-20-16(22)10-15-18-13-6-3-4-8-14(13)21(15)2/h3-9,17H,10H2,1-2H3,(H,20,22)/b19-11+. The number of imidazole rings is 1. The fourth-order valence-corrected chi connectivity index (χ4v) is 2.30. The van der Waals surface area contributed by atoms with Crippen molar-refractivity contribution in [2.75, 3.05) is 0 Å². The number of rotatable bonds is 4. The van der Waals surface area contributed by atoms with Crippen LogP contribution in [0.3, 0.4) is 0 Å². The van der Waals surface area contributed by atoms with Gasteiger partial charge in [0.05, 0.1) is 28.9 Å². The van der Waals surface area contributed by atoms with Crippen LogP contribution in [0.5, 0.6) is 0 Å². The molecule has 2 aromatic heterocycles. The van der Waals surface area contributed by atoms with Crippen LogP contribution in [0.2, 0.25) is 0 Å². The van der Waals surface area contributed by atoms with Gasteiger partial charge in [-0.15, -0.1) is 0 Å². The Balaban J connectivity index is 1.71. The molecule has 112 valence electrons. The summed E-state index contributed by atoms with van der Waals surface area (Å²) in [6, 6.07) is 11.6. The largest absolute Gasteiger partial charge is 0.360 e. The Hall–Kier alpha value is -2.89. The predicted octanol–water partition coefficient (Wildman–Crippen LogP) is 1.98. The van der Waals surface area contributed by atoms with Crippen LogP contribution < -0.4 is 5.43 Å². The van der Waals surface area contributed by atoms with Crippen molar-refractivity contribution < 1.29 is 4.79 Å². The third-order valence-corrected chi connectivity index (χ3v) is 3.53. The molecule has 0 unspecified atom stereocenters. The molecule has 6 nitrogen and oxygen atoms in total. The van der Waals surface area contributed by atoms with E-state index in [0.29, 0.717) is 5.82 Å². The molecule has 3 rings (SSSR count). The van der Waals surface area contributed by atoms with Crippen molar-refractivity contribution in [1.29, 1.82) is 0 Å². The molecule has 0 aliphatic heterocycles. The van der Waals surface area contributed by atoms with Crippen LogP contribution >= 0.6 is 0 Å². The average Bonchev–Trinajstić information content (AvgIpc) is 3.15. The number of carbonyl (C=O) groups is 1. The highest BCUT2D eigenvalue weighted by atomic mass is 16.2. The van der Waals surface area contributed by atoms with E-state index in [-0.39, 0.29) is 12.3 Å². The summed E-state index contributed by atoms with van der Waals surface area (Å²) in [6.07, 6.45) is 2.00. The van der Waals surface area contributed by atoms with Gasteiger partial charge in [-0.2, -0.15) is 5.10 Å². The third-order valence-electron chi connectivity index (χ3n) is 3.53. The van der Waals surface area contributed by atoms with E-state index in [1.807, 2.05) is 61.1 Å². The van der Waals surface area contributed by atoms with E-state index in [1.54, 1.807) is 0 Å². The van der Waals surface area contributed by atoms with Gasteiger partial charge in [0.15, 0.2) is 0 Å². The smallest absolute Gasteiger partial charge is 0.247 e. The quantitative estimate of drug-likeness (QED) is 0.570. The van der Waals surface area contributed by atoms with E-state index < -0.39 is 0 Å². The molecule has 6 heteroatoms. The SMILES string of the molecule is C/C(=N\NC(=O)Cc1nc2ccccc2n1C)c1ccc[nH]1. The van der Waals surface area contributed by atoms with E-state index in [0.717, 1.165) is 22.4 Å². The molecule has 22 heavy (non-hydrogen) atoms. The monoisotopic (exact) mass is 295 g/mol. The van der Waals surface area contributed by atoms with Crippen molar-refractivity contribution >= 4 is 22.7 Å². The number of nitrogens with one attached hydrogen (secondary N) is 2. The number of aryl methyl sites for hydroxylation is 1. The molecule has 1 aromatic carbocycles. The minimum absolute atomic E-state index is 0.187. The van der Waals surface area contributed by atoms with Crippen LogP contribution in [-0.4, -0.2) is 26.2 Å². The first-order valence-corrected chi connectivity index (χ1v) is 7.02. The van der Waals surface area contributed by atoms with Crippen molar-refractivity contribution in [3.8, 4) is 0 Å². The number of fused-ring (bicyclic) bond motifs is 1. The maximum atomic E-state index is 12.0. The van der Waals surface area contributed by atoms with Gasteiger partial charge in [-0.25, -0.2) is 10.4 Å². The number of carbonyl (C=O) groups excluding carboxylic acids is 1. The molecule has 1 amide bonds. The minimum Gasteiger partial charge on any atom is -0.360 e. The lowest BCUT2D eigenvalue weighted by Gasteiger charge is -2.03. The Kier molecular flexibility index (Phi) is 3.74. The molecule has 2 N–H and O–H groups in total. The number of aromatic nitrogens is 3. The molecule has 0 aliphatic rings. The Morgan fingerprint density at radius 2 is 2.14 bits per heavy atom. The van der Waals surface area contributed by atoms with E-state index >= 15 is 0 Å². The molecule has 0 bridgehead atoms. The summed E-state index contributed by atoms with van der Waals surface area (Å²) in [5.41, 5.74) is 6.07. The van der Waals surface area contributed by atoms with Gasteiger partial charge in [0, 0.05) is 13.2 Å². The van der Waals surface area contributed by atoms with Crippen molar-refractivity contribution in [3.05, 3.63) is 54.1 Å². The lowest BCUT2D eigenvalue weighted by Crippen LogP contribution is -2.22. The summed E-state index contributed by atoms with van der Waals surface area (Å²) >= 11 is 0. The predicted molar refractivity (Wildman–Crippen MR) is 85.6 cm³/mol. The second kappa shape index (κ2) is 5.85. The van der Waals surface area contributed by atoms with E-state index in [2.05, 4.69) is 20.5 Å². The molecule has 0 saturated heterocycles. The number of nitrogens with zero attached hydrogens (tertiary/aromatic N) is 3. The van der Waals surface area contributed by atoms with Gasteiger partial charge >= 0.3 is 0 Å². The zero-order chi connectivity index (χ0) is 15.5. The molecule has 0 aliphatic carbocycles. The number of hydrazone groups is 1. The Labute approximate surface area is 127 Å². The summed E-state index contributed by atoms with van der Waals surface area (Å²) in [5, 5.41) is 4.10. The second-order valence-corrected chi connectivity index (χ2v) is 5.07. The normalized spacial score (nSPS) is 11.8. The molecule has 0 saturated carbocycles. The number of H-pyrrole nitrogens is 1. The first-order valence-electron chi connectivity index (χ1n) is 7.02. The van der Waals surface area contributed by atoms with Crippen LogP contribution in [0, 0.1) is 0 Å². The number of hydrogen-bond donors (Lipinski definition) is 2.